The van der Waals surface area contributed by atoms with E-state index in [0.29, 0.717) is 5.41 Å². The lowest BCUT2D eigenvalue weighted by molar-refractivity contribution is 0.134. The van der Waals surface area contributed by atoms with Crippen molar-refractivity contribution in [2.45, 2.75) is 26.7 Å². The summed E-state index contributed by atoms with van der Waals surface area (Å²) in [5.41, 5.74) is 6.12. The molecule has 0 spiro atoms. The largest absolute Gasteiger partial charge is 0.382 e. The normalized spacial score (nSPS) is 28.5. The van der Waals surface area contributed by atoms with Crippen molar-refractivity contribution in [1.29, 1.82) is 0 Å². The molecule has 1 atom stereocenters. The monoisotopic (exact) mass is 200 g/mol. The molecule has 1 aliphatic heterocycles. The first-order chi connectivity index (χ1) is 6.70. The minimum absolute atomic E-state index is 0.367. The average molecular weight is 200 g/mol. The van der Waals surface area contributed by atoms with Gasteiger partial charge >= 0.3 is 0 Å². The Bertz CT molecular complexity index is 163. The van der Waals surface area contributed by atoms with E-state index in [0.717, 1.165) is 39.3 Å². The lowest BCUT2D eigenvalue weighted by atomic mass is 9.90. The molecule has 0 aliphatic carbocycles. The molecule has 2 N–H and O–H groups in total. The lowest BCUT2D eigenvalue weighted by Crippen LogP contribution is -2.31. The smallest absolute Gasteiger partial charge is 0.0478 e. The number of hydrogen-bond donors (Lipinski definition) is 1. The van der Waals surface area contributed by atoms with E-state index >= 15 is 0 Å². The van der Waals surface area contributed by atoms with E-state index in [-0.39, 0.29) is 0 Å². The number of hydrogen-bond acceptors (Lipinski definition) is 3. The summed E-state index contributed by atoms with van der Waals surface area (Å²) in [7, 11) is 0. The topological polar surface area (TPSA) is 38.5 Å². The third-order valence-corrected chi connectivity index (χ3v) is 3.10. The fourth-order valence-corrected chi connectivity index (χ4v) is 2.02. The maximum atomic E-state index is 5.76. The highest BCUT2D eigenvalue weighted by Crippen LogP contribution is 2.28. The van der Waals surface area contributed by atoms with Crippen molar-refractivity contribution in [3.63, 3.8) is 0 Å². The molecule has 0 radical (unpaired) electrons. The third kappa shape index (κ3) is 3.56. The van der Waals surface area contributed by atoms with Crippen LogP contribution in [0.2, 0.25) is 0 Å². The van der Waals surface area contributed by atoms with Crippen molar-refractivity contribution in [3.05, 3.63) is 0 Å². The van der Waals surface area contributed by atoms with E-state index < -0.39 is 0 Å². The molecule has 1 unspecified atom stereocenters. The summed E-state index contributed by atoms with van der Waals surface area (Å²) in [4.78, 5) is 2.51. The highest BCUT2D eigenvalue weighted by atomic mass is 16.5. The van der Waals surface area contributed by atoms with Crippen LogP contribution in [0.4, 0.5) is 0 Å². The maximum Gasteiger partial charge on any atom is 0.0478 e. The van der Waals surface area contributed by atoms with Crippen molar-refractivity contribution in [1.82, 2.24) is 4.90 Å². The van der Waals surface area contributed by atoms with Crippen LogP contribution >= 0.6 is 0 Å². The molecule has 3 nitrogen and oxygen atoms in total. The minimum atomic E-state index is 0.367. The Morgan fingerprint density at radius 1 is 1.50 bits per heavy atom. The molecular weight excluding hydrogens is 176 g/mol. The van der Waals surface area contributed by atoms with E-state index in [1.54, 1.807) is 0 Å². The van der Waals surface area contributed by atoms with Crippen molar-refractivity contribution in [2.75, 3.05) is 39.4 Å². The van der Waals surface area contributed by atoms with Crippen molar-refractivity contribution in [2.24, 2.45) is 11.1 Å². The van der Waals surface area contributed by atoms with E-state index in [1.807, 2.05) is 6.92 Å². The Hall–Kier alpha value is -0.120. The maximum absolute atomic E-state index is 5.76. The molecule has 1 fully saturated rings. The Morgan fingerprint density at radius 2 is 2.29 bits per heavy atom. The second-order valence-corrected chi connectivity index (χ2v) is 4.59. The van der Waals surface area contributed by atoms with Crippen LogP contribution in [0.25, 0.3) is 0 Å². The summed E-state index contributed by atoms with van der Waals surface area (Å²) >= 11 is 0. The van der Waals surface area contributed by atoms with Gasteiger partial charge in [0, 0.05) is 26.3 Å². The van der Waals surface area contributed by atoms with Gasteiger partial charge in [-0.05, 0) is 38.3 Å². The van der Waals surface area contributed by atoms with Crippen LogP contribution in [0, 0.1) is 5.41 Å². The molecule has 0 saturated carbocycles. The van der Waals surface area contributed by atoms with Gasteiger partial charge in [0.15, 0.2) is 0 Å². The van der Waals surface area contributed by atoms with Crippen LogP contribution in [0.15, 0.2) is 0 Å². The van der Waals surface area contributed by atoms with Crippen molar-refractivity contribution < 1.29 is 4.74 Å². The Kier molecular flexibility index (Phi) is 4.85. The molecule has 14 heavy (non-hydrogen) atoms. The molecule has 0 aromatic rings. The number of likely N-dealkylation sites (tertiary alicyclic amines) is 1. The lowest BCUT2D eigenvalue weighted by Gasteiger charge is -2.22. The van der Waals surface area contributed by atoms with Crippen LogP contribution in [0.5, 0.6) is 0 Å². The second-order valence-electron chi connectivity index (χ2n) is 4.59. The number of ether oxygens (including phenoxy) is 1. The van der Waals surface area contributed by atoms with Crippen molar-refractivity contribution >= 4 is 0 Å². The highest BCUT2D eigenvalue weighted by molar-refractivity contribution is 4.86. The molecular formula is C11H24N2O. The summed E-state index contributed by atoms with van der Waals surface area (Å²) in [5.74, 6) is 0. The third-order valence-electron chi connectivity index (χ3n) is 3.10. The molecule has 1 rings (SSSR count). The molecule has 1 saturated heterocycles. The van der Waals surface area contributed by atoms with E-state index in [9.17, 15) is 0 Å². The average Bonchev–Trinajstić information content (AvgIpc) is 2.56. The first-order valence-electron chi connectivity index (χ1n) is 5.70. The van der Waals surface area contributed by atoms with Gasteiger partial charge in [0.2, 0.25) is 0 Å². The second kappa shape index (κ2) is 5.69. The summed E-state index contributed by atoms with van der Waals surface area (Å²) in [6.45, 7) is 10.4. The molecule has 0 aromatic heterocycles. The van der Waals surface area contributed by atoms with E-state index in [1.165, 1.54) is 13.0 Å². The first kappa shape index (κ1) is 12.0. The number of nitrogens with two attached hydrogens (primary N) is 1. The summed E-state index contributed by atoms with van der Waals surface area (Å²) in [6, 6.07) is 0. The Labute approximate surface area is 87.6 Å². The predicted molar refractivity (Wildman–Crippen MR) is 59.3 cm³/mol. The van der Waals surface area contributed by atoms with Gasteiger partial charge in [-0.1, -0.05) is 6.92 Å². The zero-order valence-electron chi connectivity index (χ0n) is 9.59. The molecule has 0 aromatic carbocycles. The van der Waals surface area contributed by atoms with Crippen LogP contribution in [0.3, 0.4) is 0 Å². The van der Waals surface area contributed by atoms with Crippen LogP contribution < -0.4 is 5.73 Å². The summed E-state index contributed by atoms with van der Waals surface area (Å²) in [6.07, 6.45) is 2.40. The molecule has 84 valence electrons. The van der Waals surface area contributed by atoms with Crippen molar-refractivity contribution in [3.8, 4) is 0 Å². The molecule has 0 amide bonds. The summed E-state index contributed by atoms with van der Waals surface area (Å²) in [5, 5.41) is 0. The van der Waals surface area contributed by atoms with Crippen LogP contribution in [-0.4, -0.2) is 44.3 Å². The number of nitrogens with zero attached hydrogens (tertiary/aromatic N) is 1. The zero-order valence-corrected chi connectivity index (χ0v) is 9.59. The zero-order chi connectivity index (χ0) is 10.4. The predicted octanol–water partition coefficient (Wildman–Crippen LogP) is 1.08. The fourth-order valence-electron chi connectivity index (χ4n) is 2.02. The van der Waals surface area contributed by atoms with Gasteiger partial charge in [-0.25, -0.2) is 0 Å². The number of rotatable bonds is 6. The standard InChI is InChI=1S/C11H24N2O/c1-3-14-8-4-6-13-7-5-11(2,9-12)10-13/h3-10,12H2,1-2H3. The Morgan fingerprint density at radius 3 is 2.86 bits per heavy atom. The SMILES string of the molecule is CCOCCCN1CCC(C)(CN)C1. The minimum Gasteiger partial charge on any atom is -0.382 e. The van der Waals surface area contributed by atoms with Gasteiger partial charge in [-0.3, -0.25) is 0 Å². The van der Waals surface area contributed by atoms with E-state index in [4.69, 9.17) is 10.5 Å². The van der Waals surface area contributed by atoms with Crippen LogP contribution in [0.1, 0.15) is 26.7 Å². The first-order valence-corrected chi connectivity index (χ1v) is 5.70. The van der Waals surface area contributed by atoms with Crippen LogP contribution in [-0.2, 0) is 4.74 Å². The molecule has 1 aliphatic rings. The summed E-state index contributed by atoms with van der Waals surface area (Å²) < 4.78 is 5.32. The van der Waals surface area contributed by atoms with Gasteiger partial charge in [0.05, 0.1) is 0 Å². The quantitative estimate of drug-likeness (QED) is 0.652. The van der Waals surface area contributed by atoms with Gasteiger partial charge in [-0.15, -0.1) is 0 Å². The van der Waals surface area contributed by atoms with Gasteiger partial charge < -0.3 is 15.4 Å². The molecule has 1 heterocycles. The Balaban J connectivity index is 2.10. The molecule has 0 bridgehead atoms. The van der Waals surface area contributed by atoms with Gasteiger partial charge in [-0.2, -0.15) is 0 Å². The fraction of sp³-hybridized carbons (Fsp3) is 1.00. The van der Waals surface area contributed by atoms with Gasteiger partial charge in [0.25, 0.3) is 0 Å². The van der Waals surface area contributed by atoms with Gasteiger partial charge in [0.1, 0.15) is 0 Å². The highest BCUT2D eigenvalue weighted by Gasteiger charge is 2.31. The van der Waals surface area contributed by atoms with E-state index in [2.05, 4.69) is 11.8 Å². The molecule has 3 heteroatoms.